The molecule has 0 aliphatic rings. The molecule has 3 rings (SSSR count). The Balaban J connectivity index is 1.70. The molecule has 0 saturated carbocycles. The summed E-state index contributed by atoms with van der Waals surface area (Å²) in [6.45, 7) is 4.64. The molecular formula is C22H26N2O4. The van der Waals surface area contributed by atoms with Gasteiger partial charge in [-0.15, -0.1) is 0 Å². The van der Waals surface area contributed by atoms with Gasteiger partial charge in [0.15, 0.2) is 11.5 Å². The Hall–Kier alpha value is -3.15. The highest BCUT2D eigenvalue weighted by molar-refractivity contribution is 5.85. The number of benzene rings is 2. The van der Waals surface area contributed by atoms with Gasteiger partial charge in [-0.3, -0.25) is 4.79 Å². The third kappa shape index (κ3) is 3.91. The van der Waals surface area contributed by atoms with Gasteiger partial charge in [-0.05, 0) is 54.8 Å². The largest absolute Gasteiger partial charge is 0.493 e. The Morgan fingerprint density at radius 1 is 0.964 bits per heavy atom. The Labute approximate surface area is 164 Å². The van der Waals surface area contributed by atoms with E-state index in [4.69, 9.17) is 14.2 Å². The molecule has 0 radical (unpaired) electrons. The summed E-state index contributed by atoms with van der Waals surface area (Å²) in [4.78, 5) is 15.8. The summed E-state index contributed by atoms with van der Waals surface area (Å²) in [6, 6.07) is 9.78. The summed E-state index contributed by atoms with van der Waals surface area (Å²) < 4.78 is 16.0. The van der Waals surface area contributed by atoms with E-state index in [1.807, 2.05) is 6.07 Å². The number of nitrogens with one attached hydrogen (secondary N) is 2. The topological polar surface area (TPSA) is 72.6 Å². The van der Waals surface area contributed by atoms with Crippen molar-refractivity contribution in [1.29, 1.82) is 0 Å². The van der Waals surface area contributed by atoms with Gasteiger partial charge in [-0.2, -0.15) is 0 Å². The van der Waals surface area contributed by atoms with E-state index in [0.717, 1.165) is 16.6 Å². The highest BCUT2D eigenvalue weighted by atomic mass is 16.5. The molecule has 0 unspecified atom stereocenters. The molecule has 2 N–H and O–H groups in total. The Kier molecular flexibility index (Phi) is 5.78. The van der Waals surface area contributed by atoms with Crippen molar-refractivity contribution < 1.29 is 19.0 Å². The first-order valence-corrected chi connectivity index (χ1v) is 9.10. The summed E-state index contributed by atoms with van der Waals surface area (Å²) >= 11 is 0. The number of aromatic nitrogens is 1. The molecule has 3 aromatic rings. The maximum absolute atomic E-state index is 12.4. The van der Waals surface area contributed by atoms with Gasteiger partial charge in [0.2, 0.25) is 11.7 Å². The summed E-state index contributed by atoms with van der Waals surface area (Å²) in [5.74, 6) is 1.51. The average molecular weight is 382 g/mol. The number of ether oxygens (including phenoxy) is 3. The number of aromatic amines is 1. The SMILES string of the molecule is COc1cc(CC(=O)NCc2ccc3[nH]c(C)c(C)c3c2)cc(OC)c1OC. The van der Waals surface area contributed by atoms with E-state index in [0.29, 0.717) is 23.8 Å². The normalized spacial score (nSPS) is 10.8. The molecule has 0 bridgehead atoms. The van der Waals surface area contributed by atoms with Crippen LogP contribution in [0, 0.1) is 13.8 Å². The maximum Gasteiger partial charge on any atom is 0.224 e. The predicted molar refractivity (Wildman–Crippen MR) is 109 cm³/mol. The molecule has 1 amide bonds. The fourth-order valence-corrected chi connectivity index (χ4v) is 3.30. The van der Waals surface area contributed by atoms with Gasteiger partial charge in [-0.25, -0.2) is 0 Å². The van der Waals surface area contributed by atoms with Crippen LogP contribution in [-0.4, -0.2) is 32.2 Å². The summed E-state index contributed by atoms with van der Waals surface area (Å²) in [6.07, 6.45) is 0.223. The number of hydrogen-bond acceptors (Lipinski definition) is 4. The zero-order valence-corrected chi connectivity index (χ0v) is 16.9. The molecule has 0 aliphatic carbocycles. The van der Waals surface area contributed by atoms with E-state index in [2.05, 4.69) is 36.3 Å². The lowest BCUT2D eigenvalue weighted by Crippen LogP contribution is -2.24. The number of carbonyl (C=O) groups excluding carboxylic acids is 1. The lowest BCUT2D eigenvalue weighted by Gasteiger charge is -2.14. The predicted octanol–water partition coefficient (Wildman–Crippen LogP) is 3.67. The quantitative estimate of drug-likeness (QED) is 0.654. The van der Waals surface area contributed by atoms with Gasteiger partial charge in [0.05, 0.1) is 27.8 Å². The second kappa shape index (κ2) is 8.25. The second-order valence-corrected chi connectivity index (χ2v) is 6.74. The van der Waals surface area contributed by atoms with Crippen LogP contribution in [0.3, 0.4) is 0 Å². The maximum atomic E-state index is 12.4. The molecular weight excluding hydrogens is 356 g/mol. The minimum Gasteiger partial charge on any atom is -0.493 e. The highest BCUT2D eigenvalue weighted by Gasteiger charge is 2.15. The zero-order valence-electron chi connectivity index (χ0n) is 16.9. The van der Waals surface area contributed by atoms with Crippen LogP contribution in [0.1, 0.15) is 22.4 Å². The van der Waals surface area contributed by atoms with E-state index in [9.17, 15) is 4.79 Å². The van der Waals surface area contributed by atoms with Crippen LogP contribution < -0.4 is 19.5 Å². The van der Waals surface area contributed by atoms with E-state index in [1.54, 1.807) is 33.5 Å². The van der Waals surface area contributed by atoms with Gasteiger partial charge in [-0.1, -0.05) is 6.07 Å². The van der Waals surface area contributed by atoms with Crippen molar-refractivity contribution in [2.24, 2.45) is 0 Å². The number of carbonyl (C=O) groups is 1. The molecule has 0 atom stereocenters. The summed E-state index contributed by atoms with van der Waals surface area (Å²) in [5, 5.41) is 4.17. The lowest BCUT2D eigenvalue weighted by atomic mass is 10.1. The molecule has 1 aromatic heterocycles. The number of fused-ring (bicyclic) bond motifs is 1. The van der Waals surface area contributed by atoms with Crippen LogP contribution in [0.5, 0.6) is 17.2 Å². The number of aryl methyl sites for hydroxylation is 2. The molecule has 6 nitrogen and oxygen atoms in total. The van der Waals surface area contributed by atoms with Crippen molar-refractivity contribution >= 4 is 16.8 Å². The van der Waals surface area contributed by atoms with E-state index in [-0.39, 0.29) is 12.3 Å². The number of rotatable bonds is 7. The van der Waals surface area contributed by atoms with Crippen molar-refractivity contribution in [2.45, 2.75) is 26.8 Å². The molecule has 2 aromatic carbocycles. The fourth-order valence-electron chi connectivity index (χ4n) is 3.30. The minimum atomic E-state index is -0.0728. The van der Waals surface area contributed by atoms with Crippen LogP contribution in [0.25, 0.3) is 10.9 Å². The van der Waals surface area contributed by atoms with Gasteiger partial charge in [0.1, 0.15) is 0 Å². The summed E-state index contributed by atoms with van der Waals surface area (Å²) in [7, 11) is 4.67. The molecule has 28 heavy (non-hydrogen) atoms. The van der Waals surface area contributed by atoms with Gasteiger partial charge < -0.3 is 24.5 Å². The minimum absolute atomic E-state index is 0.0728. The van der Waals surface area contributed by atoms with Crippen LogP contribution in [-0.2, 0) is 17.8 Å². The fraction of sp³-hybridized carbons (Fsp3) is 0.318. The van der Waals surface area contributed by atoms with E-state index < -0.39 is 0 Å². The number of amides is 1. The molecule has 6 heteroatoms. The van der Waals surface area contributed by atoms with Crippen LogP contribution in [0.15, 0.2) is 30.3 Å². The molecule has 0 fully saturated rings. The van der Waals surface area contributed by atoms with Crippen LogP contribution in [0.2, 0.25) is 0 Å². The smallest absolute Gasteiger partial charge is 0.224 e. The standard InChI is InChI=1S/C22H26N2O4/c1-13-14(2)24-18-7-6-15(8-17(13)18)12-23-21(25)11-16-9-19(26-3)22(28-5)20(10-16)27-4/h6-10,24H,11-12H2,1-5H3,(H,23,25). The van der Waals surface area contributed by atoms with Crippen molar-refractivity contribution in [3.63, 3.8) is 0 Å². The molecule has 0 spiro atoms. The average Bonchev–Trinajstić information content (AvgIpc) is 2.99. The molecule has 148 valence electrons. The first kappa shape index (κ1) is 19.6. The second-order valence-electron chi connectivity index (χ2n) is 6.74. The van der Waals surface area contributed by atoms with E-state index >= 15 is 0 Å². The molecule has 1 heterocycles. The highest BCUT2D eigenvalue weighted by Crippen LogP contribution is 2.38. The Morgan fingerprint density at radius 3 is 2.25 bits per heavy atom. The van der Waals surface area contributed by atoms with Gasteiger partial charge in [0.25, 0.3) is 0 Å². The molecule has 0 aliphatic heterocycles. The van der Waals surface area contributed by atoms with E-state index in [1.165, 1.54) is 16.6 Å². The van der Waals surface area contributed by atoms with Gasteiger partial charge in [0, 0.05) is 23.1 Å². The summed E-state index contributed by atoms with van der Waals surface area (Å²) in [5.41, 5.74) is 5.37. The Bertz CT molecular complexity index is 982. The third-order valence-corrected chi connectivity index (χ3v) is 4.95. The van der Waals surface area contributed by atoms with Crippen molar-refractivity contribution in [1.82, 2.24) is 10.3 Å². The first-order valence-electron chi connectivity index (χ1n) is 9.10. The van der Waals surface area contributed by atoms with Crippen molar-refractivity contribution in [3.8, 4) is 17.2 Å². The third-order valence-electron chi connectivity index (χ3n) is 4.95. The van der Waals surface area contributed by atoms with Crippen LogP contribution >= 0.6 is 0 Å². The monoisotopic (exact) mass is 382 g/mol. The van der Waals surface area contributed by atoms with Crippen molar-refractivity contribution in [3.05, 3.63) is 52.7 Å². The number of hydrogen-bond donors (Lipinski definition) is 2. The number of methoxy groups -OCH3 is 3. The van der Waals surface area contributed by atoms with Gasteiger partial charge >= 0.3 is 0 Å². The van der Waals surface area contributed by atoms with Crippen LogP contribution in [0.4, 0.5) is 0 Å². The molecule has 0 saturated heterocycles. The number of H-pyrrole nitrogens is 1. The first-order chi connectivity index (χ1) is 13.5. The van der Waals surface area contributed by atoms with Crippen molar-refractivity contribution in [2.75, 3.05) is 21.3 Å². The zero-order chi connectivity index (χ0) is 20.3. The lowest BCUT2D eigenvalue weighted by molar-refractivity contribution is -0.120. The Morgan fingerprint density at radius 2 is 1.64 bits per heavy atom.